The first-order valence-electron chi connectivity index (χ1n) is 14.5. The standard InChI is InChI=1S/C33H35ClN4O4S/c1-5-20-8-7-9-21(6-2)29(20)38-28(19(3)4)24(31(39)37-15-14-35-26(17-37)33(41)42)16-25(32(38)40)30-36-27(18-43-30)22-10-12-23(34)13-11-22/h7-13,16,18-19,26,35H,5-6,14-15,17H2,1-4H3,(H,41,42)/t26-/m0/s1. The van der Waals surface area contributed by atoms with E-state index in [1.54, 1.807) is 27.7 Å². The summed E-state index contributed by atoms with van der Waals surface area (Å²) in [6, 6.07) is 14.2. The molecular weight excluding hydrogens is 584 g/mol. The normalized spacial score (nSPS) is 15.2. The molecule has 0 aliphatic carbocycles. The second-order valence-electron chi connectivity index (χ2n) is 10.9. The molecule has 0 spiro atoms. The van der Waals surface area contributed by atoms with Crippen LogP contribution in [-0.4, -0.2) is 57.1 Å². The van der Waals surface area contributed by atoms with E-state index < -0.39 is 12.0 Å². The van der Waals surface area contributed by atoms with Gasteiger partial charge in [-0.05, 0) is 48.1 Å². The Morgan fingerprint density at radius 1 is 1.12 bits per heavy atom. The van der Waals surface area contributed by atoms with Crippen LogP contribution in [0.5, 0.6) is 0 Å². The predicted octanol–water partition coefficient (Wildman–Crippen LogP) is 6.03. The number of aliphatic carboxylic acids is 1. The number of rotatable bonds is 8. The molecule has 43 heavy (non-hydrogen) atoms. The van der Waals surface area contributed by atoms with Gasteiger partial charge >= 0.3 is 5.97 Å². The molecule has 1 aliphatic rings. The van der Waals surface area contributed by atoms with Gasteiger partial charge in [0.2, 0.25) is 0 Å². The van der Waals surface area contributed by atoms with E-state index in [1.807, 2.05) is 49.6 Å². The second-order valence-corrected chi connectivity index (χ2v) is 12.2. The van der Waals surface area contributed by atoms with Crippen LogP contribution in [0.25, 0.3) is 27.5 Å². The first-order chi connectivity index (χ1) is 20.6. The molecule has 10 heteroatoms. The summed E-state index contributed by atoms with van der Waals surface area (Å²) in [4.78, 5) is 47.1. The summed E-state index contributed by atoms with van der Waals surface area (Å²) in [5.41, 5.74) is 5.47. The summed E-state index contributed by atoms with van der Waals surface area (Å²) in [5, 5.41) is 15.6. The number of hydrogen-bond acceptors (Lipinski definition) is 6. The lowest BCUT2D eigenvalue weighted by Gasteiger charge is -2.33. The van der Waals surface area contributed by atoms with Crippen molar-refractivity contribution in [3.63, 3.8) is 0 Å². The van der Waals surface area contributed by atoms with E-state index in [2.05, 4.69) is 19.2 Å². The fourth-order valence-corrected chi connectivity index (χ4v) is 6.63. The van der Waals surface area contributed by atoms with E-state index in [1.165, 1.54) is 11.3 Å². The number of amides is 1. The van der Waals surface area contributed by atoms with E-state index in [0.717, 1.165) is 22.4 Å². The number of halogens is 1. The van der Waals surface area contributed by atoms with Gasteiger partial charge in [0.05, 0.1) is 22.5 Å². The summed E-state index contributed by atoms with van der Waals surface area (Å²) >= 11 is 7.43. The van der Waals surface area contributed by atoms with Gasteiger partial charge < -0.3 is 15.3 Å². The summed E-state index contributed by atoms with van der Waals surface area (Å²) in [6.07, 6.45) is 1.41. The van der Waals surface area contributed by atoms with Crippen molar-refractivity contribution in [1.82, 2.24) is 19.8 Å². The summed E-state index contributed by atoms with van der Waals surface area (Å²) in [6.45, 7) is 8.81. The molecule has 4 aromatic rings. The zero-order valence-corrected chi connectivity index (χ0v) is 26.3. The van der Waals surface area contributed by atoms with E-state index in [4.69, 9.17) is 16.6 Å². The minimum absolute atomic E-state index is 0.0316. The van der Waals surface area contributed by atoms with Gasteiger partial charge in [0.15, 0.2) is 0 Å². The third-order valence-electron chi connectivity index (χ3n) is 7.84. The number of piperazine rings is 1. The molecule has 0 radical (unpaired) electrons. The van der Waals surface area contributed by atoms with Crippen molar-refractivity contribution in [2.24, 2.45) is 0 Å². The Hall–Kier alpha value is -3.79. The number of hydrogen-bond donors (Lipinski definition) is 2. The maximum Gasteiger partial charge on any atom is 0.322 e. The molecule has 1 aliphatic heterocycles. The van der Waals surface area contributed by atoms with Gasteiger partial charge in [-0.25, -0.2) is 4.98 Å². The van der Waals surface area contributed by atoms with E-state index in [0.29, 0.717) is 58.5 Å². The number of para-hydroxylation sites is 1. The van der Waals surface area contributed by atoms with E-state index in [-0.39, 0.29) is 23.9 Å². The second kappa shape index (κ2) is 12.8. The lowest BCUT2D eigenvalue weighted by Crippen LogP contribution is -2.56. The quantitative estimate of drug-likeness (QED) is 0.250. The third-order valence-corrected chi connectivity index (χ3v) is 8.97. The first-order valence-corrected chi connectivity index (χ1v) is 15.8. The fraction of sp³-hybridized carbons (Fsp3) is 0.333. The predicted molar refractivity (Wildman–Crippen MR) is 172 cm³/mol. The molecule has 0 bridgehead atoms. The molecule has 3 heterocycles. The number of aromatic nitrogens is 2. The average molecular weight is 619 g/mol. The molecule has 2 aromatic carbocycles. The molecule has 5 rings (SSSR count). The third kappa shape index (κ3) is 6.02. The van der Waals surface area contributed by atoms with E-state index >= 15 is 0 Å². The van der Waals surface area contributed by atoms with Crippen LogP contribution in [-0.2, 0) is 17.6 Å². The maximum atomic E-state index is 14.6. The molecule has 1 atom stereocenters. The molecule has 0 unspecified atom stereocenters. The SMILES string of the molecule is CCc1cccc(CC)c1-n1c(C(C)C)c(C(=O)N2CCN[C@H](C(=O)O)C2)cc(-c2nc(-c3ccc(Cl)cc3)cs2)c1=O. The molecule has 1 saturated heterocycles. The van der Waals surface area contributed by atoms with Crippen LogP contribution >= 0.6 is 22.9 Å². The summed E-state index contributed by atoms with van der Waals surface area (Å²) in [7, 11) is 0. The Kier molecular flexibility index (Phi) is 9.15. The zero-order chi connectivity index (χ0) is 30.8. The van der Waals surface area contributed by atoms with Gasteiger partial charge in [0, 0.05) is 41.3 Å². The van der Waals surface area contributed by atoms with Gasteiger partial charge in [-0.1, -0.05) is 69.6 Å². The Labute approximate surface area is 260 Å². The fourth-order valence-electron chi connectivity index (χ4n) is 5.67. The molecule has 0 saturated carbocycles. The van der Waals surface area contributed by atoms with Crippen molar-refractivity contribution in [3.05, 3.63) is 91.7 Å². The van der Waals surface area contributed by atoms with Crippen LogP contribution < -0.4 is 10.9 Å². The highest BCUT2D eigenvalue weighted by atomic mass is 35.5. The number of carbonyl (C=O) groups is 2. The molecule has 8 nitrogen and oxygen atoms in total. The largest absolute Gasteiger partial charge is 0.480 e. The Morgan fingerprint density at radius 3 is 2.40 bits per heavy atom. The van der Waals surface area contributed by atoms with Crippen LogP contribution in [0.15, 0.2) is 58.7 Å². The van der Waals surface area contributed by atoms with Crippen LogP contribution in [0.4, 0.5) is 0 Å². The number of carboxylic acids is 1. The zero-order valence-electron chi connectivity index (χ0n) is 24.7. The van der Waals surface area contributed by atoms with Gasteiger partial charge in [0.25, 0.3) is 11.5 Å². The Bertz CT molecular complexity index is 1710. The van der Waals surface area contributed by atoms with Crippen LogP contribution in [0.1, 0.15) is 60.8 Å². The van der Waals surface area contributed by atoms with Crippen molar-refractivity contribution >= 4 is 34.8 Å². The van der Waals surface area contributed by atoms with Crippen LogP contribution in [0, 0.1) is 0 Å². The number of aryl methyl sites for hydroxylation is 2. The van der Waals surface area contributed by atoms with Crippen molar-refractivity contribution in [2.45, 2.75) is 52.5 Å². The first kappa shape index (κ1) is 30.7. The lowest BCUT2D eigenvalue weighted by atomic mass is 9.96. The minimum atomic E-state index is -1.01. The Balaban J connectivity index is 1.78. The molecular formula is C33H35ClN4O4S. The highest BCUT2D eigenvalue weighted by molar-refractivity contribution is 7.13. The van der Waals surface area contributed by atoms with Crippen LogP contribution in [0.3, 0.4) is 0 Å². The smallest absolute Gasteiger partial charge is 0.322 e. The van der Waals surface area contributed by atoms with Crippen molar-refractivity contribution < 1.29 is 14.7 Å². The molecule has 1 amide bonds. The van der Waals surface area contributed by atoms with Crippen molar-refractivity contribution in [1.29, 1.82) is 0 Å². The van der Waals surface area contributed by atoms with Gasteiger partial charge in [-0.2, -0.15) is 0 Å². The molecule has 2 N–H and O–H groups in total. The minimum Gasteiger partial charge on any atom is -0.480 e. The van der Waals surface area contributed by atoms with Gasteiger partial charge in [0.1, 0.15) is 11.0 Å². The van der Waals surface area contributed by atoms with Gasteiger partial charge in [-0.3, -0.25) is 19.0 Å². The summed E-state index contributed by atoms with van der Waals surface area (Å²) in [5.74, 6) is -1.49. The molecule has 224 valence electrons. The number of nitrogens with zero attached hydrogens (tertiary/aromatic N) is 3. The maximum absolute atomic E-state index is 14.6. The average Bonchev–Trinajstić information content (AvgIpc) is 3.50. The lowest BCUT2D eigenvalue weighted by molar-refractivity contribution is -0.140. The number of carboxylic acid groups (broad SMARTS) is 1. The number of thiazole rings is 1. The highest BCUT2D eigenvalue weighted by Gasteiger charge is 2.32. The molecule has 1 fully saturated rings. The van der Waals surface area contributed by atoms with E-state index in [9.17, 15) is 19.5 Å². The number of pyridine rings is 1. The Morgan fingerprint density at radius 2 is 1.79 bits per heavy atom. The van der Waals surface area contributed by atoms with Crippen molar-refractivity contribution in [3.8, 4) is 27.5 Å². The number of carbonyl (C=O) groups excluding carboxylic acids is 1. The van der Waals surface area contributed by atoms with Gasteiger partial charge in [-0.15, -0.1) is 11.3 Å². The highest BCUT2D eigenvalue weighted by Crippen LogP contribution is 2.33. The molecule has 2 aromatic heterocycles. The summed E-state index contributed by atoms with van der Waals surface area (Å²) < 4.78 is 1.73. The number of benzene rings is 2. The van der Waals surface area contributed by atoms with Crippen LogP contribution in [0.2, 0.25) is 5.02 Å². The monoisotopic (exact) mass is 618 g/mol. The number of nitrogens with one attached hydrogen (secondary N) is 1. The van der Waals surface area contributed by atoms with Crippen molar-refractivity contribution in [2.75, 3.05) is 19.6 Å². The topological polar surface area (TPSA) is 105 Å².